The molecule has 1 aliphatic heterocycles. The van der Waals surface area contributed by atoms with Crippen LogP contribution in [0.15, 0.2) is 65.8 Å². The molecule has 9 heteroatoms. The largest absolute Gasteiger partial charge is 0.454 e. The molecule has 32 heavy (non-hydrogen) atoms. The predicted molar refractivity (Wildman–Crippen MR) is 123 cm³/mol. The summed E-state index contributed by atoms with van der Waals surface area (Å²) in [5.41, 5.74) is 5.21. The van der Waals surface area contributed by atoms with Crippen LogP contribution in [0.3, 0.4) is 0 Å². The van der Waals surface area contributed by atoms with Crippen LogP contribution >= 0.6 is 23.2 Å². The van der Waals surface area contributed by atoms with E-state index in [1.54, 1.807) is 61.5 Å². The van der Waals surface area contributed by atoms with E-state index in [4.69, 9.17) is 32.7 Å². The van der Waals surface area contributed by atoms with Crippen LogP contribution in [0.1, 0.15) is 33.2 Å². The molecule has 3 aromatic carbocycles. The second-order valence-electron chi connectivity index (χ2n) is 6.86. The summed E-state index contributed by atoms with van der Waals surface area (Å²) < 4.78 is 10.5. The number of hydrogen-bond acceptors (Lipinski definition) is 5. The number of hydrazone groups is 1. The number of nitrogens with zero attached hydrogens (tertiary/aromatic N) is 1. The molecule has 0 spiro atoms. The highest BCUT2D eigenvalue weighted by atomic mass is 35.5. The van der Waals surface area contributed by atoms with Crippen molar-refractivity contribution in [2.24, 2.45) is 5.10 Å². The first-order chi connectivity index (χ1) is 15.4. The minimum absolute atomic E-state index is 0.140. The van der Waals surface area contributed by atoms with Crippen LogP contribution in [0.25, 0.3) is 0 Å². The zero-order valence-corrected chi connectivity index (χ0v) is 18.3. The van der Waals surface area contributed by atoms with E-state index < -0.39 is 0 Å². The van der Waals surface area contributed by atoms with Gasteiger partial charge >= 0.3 is 0 Å². The van der Waals surface area contributed by atoms with Crippen molar-refractivity contribution in [3.8, 4) is 11.5 Å². The maximum Gasteiger partial charge on any atom is 0.271 e. The smallest absolute Gasteiger partial charge is 0.271 e. The Morgan fingerprint density at radius 1 is 0.875 bits per heavy atom. The van der Waals surface area contributed by atoms with E-state index in [1.165, 1.54) is 6.07 Å². The van der Waals surface area contributed by atoms with Crippen LogP contribution < -0.4 is 20.2 Å². The highest BCUT2D eigenvalue weighted by molar-refractivity contribution is 6.37. The van der Waals surface area contributed by atoms with Gasteiger partial charge in [-0.1, -0.05) is 35.3 Å². The molecule has 2 N–H and O–H groups in total. The molecule has 0 saturated carbocycles. The fraction of sp³-hybridized carbons (Fsp3) is 0.0870. The van der Waals surface area contributed by atoms with Crippen molar-refractivity contribution in [3.05, 3.63) is 87.4 Å². The normalized spacial score (nSPS) is 12.4. The molecule has 162 valence electrons. The number of halogens is 2. The number of rotatable bonds is 5. The van der Waals surface area contributed by atoms with E-state index >= 15 is 0 Å². The van der Waals surface area contributed by atoms with Crippen molar-refractivity contribution >= 4 is 46.4 Å². The van der Waals surface area contributed by atoms with Crippen LogP contribution in [-0.4, -0.2) is 24.3 Å². The van der Waals surface area contributed by atoms with E-state index in [-0.39, 0.29) is 23.6 Å². The third-order valence-corrected chi connectivity index (χ3v) is 5.24. The van der Waals surface area contributed by atoms with Gasteiger partial charge in [0.05, 0.1) is 16.3 Å². The third kappa shape index (κ3) is 4.85. The van der Waals surface area contributed by atoms with Crippen molar-refractivity contribution in [1.82, 2.24) is 5.43 Å². The van der Waals surface area contributed by atoms with E-state index in [2.05, 4.69) is 15.8 Å². The Morgan fingerprint density at radius 3 is 2.34 bits per heavy atom. The lowest BCUT2D eigenvalue weighted by atomic mass is 10.1. The maximum absolute atomic E-state index is 12.4. The van der Waals surface area contributed by atoms with Crippen LogP contribution in [0, 0.1) is 0 Å². The number of fused-ring (bicyclic) bond motifs is 1. The average molecular weight is 470 g/mol. The van der Waals surface area contributed by atoms with Gasteiger partial charge in [-0.15, -0.1) is 0 Å². The Kier molecular flexibility index (Phi) is 6.30. The third-order valence-electron chi connectivity index (χ3n) is 4.70. The van der Waals surface area contributed by atoms with Gasteiger partial charge in [0.25, 0.3) is 11.8 Å². The van der Waals surface area contributed by atoms with Crippen LogP contribution in [0.2, 0.25) is 10.0 Å². The molecule has 0 atom stereocenters. The first-order valence-corrected chi connectivity index (χ1v) is 10.3. The van der Waals surface area contributed by atoms with Gasteiger partial charge in [0.2, 0.25) is 6.79 Å². The molecular formula is C23H17Cl2N3O4. The first-order valence-electron chi connectivity index (χ1n) is 9.52. The van der Waals surface area contributed by atoms with Gasteiger partial charge in [-0.3, -0.25) is 9.59 Å². The SMILES string of the molecule is CC(=NNC(=O)c1ccc2c(c1)OCO2)c1ccc(NC(=O)c2ccc(Cl)cc2Cl)cc1. The summed E-state index contributed by atoms with van der Waals surface area (Å²) >= 11 is 11.9. The van der Waals surface area contributed by atoms with Crippen molar-refractivity contribution in [3.63, 3.8) is 0 Å². The van der Waals surface area contributed by atoms with Gasteiger partial charge in [-0.2, -0.15) is 5.10 Å². The molecule has 4 rings (SSSR count). The highest BCUT2D eigenvalue weighted by Crippen LogP contribution is 2.32. The first kappa shape index (κ1) is 21.7. The topological polar surface area (TPSA) is 89.0 Å². The molecule has 0 radical (unpaired) electrons. The van der Waals surface area contributed by atoms with Crippen LogP contribution in [0.5, 0.6) is 11.5 Å². The second-order valence-corrected chi connectivity index (χ2v) is 7.71. The molecule has 7 nitrogen and oxygen atoms in total. The standard InChI is InChI=1S/C23H17Cl2N3O4/c1-13(27-28-22(29)15-4-9-20-21(10-15)32-12-31-20)14-2-6-17(7-3-14)26-23(30)18-8-5-16(24)11-19(18)25/h2-11H,12H2,1H3,(H,26,30)(H,28,29). The molecule has 0 fully saturated rings. The molecule has 2 amide bonds. The Hall–Kier alpha value is -3.55. The van der Waals surface area contributed by atoms with E-state index in [1.807, 2.05) is 0 Å². The number of carbonyl (C=O) groups is 2. The fourth-order valence-corrected chi connectivity index (χ4v) is 3.46. The van der Waals surface area contributed by atoms with Gasteiger partial charge in [-0.25, -0.2) is 5.43 Å². The number of nitrogens with one attached hydrogen (secondary N) is 2. The lowest BCUT2D eigenvalue weighted by molar-refractivity contribution is 0.0953. The molecular weight excluding hydrogens is 453 g/mol. The molecule has 1 heterocycles. The number of ether oxygens (including phenoxy) is 2. The van der Waals surface area contributed by atoms with Crippen LogP contribution in [0.4, 0.5) is 5.69 Å². The lowest BCUT2D eigenvalue weighted by Crippen LogP contribution is -2.19. The Morgan fingerprint density at radius 2 is 1.59 bits per heavy atom. The maximum atomic E-state index is 12.4. The molecule has 0 saturated heterocycles. The molecule has 0 aliphatic carbocycles. The van der Waals surface area contributed by atoms with Gasteiger partial charge < -0.3 is 14.8 Å². The summed E-state index contributed by atoms with van der Waals surface area (Å²) in [5.74, 6) is 0.412. The van der Waals surface area contributed by atoms with Crippen molar-refractivity contribution in [2.45, 2.75) is 6.92 Å². The van der Waals surface area contributed by atoms with Crippen molar-refractivity contribution < 1.29 is 19.1 Å². The highest BCUT2D eigenvalue weighted by Gasteiger charge is 2.16. The quantitative estimate of drug-likeness (QED) is 0.400. The van der Waals surface area contributed by atoms with E-state index in [9.17, 15) is 9.59 Å². The number of carbonyl (C=O) groups excluding carboxylic acids is 2. The summed E-state index contributed by atoms with van der Waals surface area (Å²) in [6, 6.07) is 16.6. The molecule has 0 bridgehead atoms. The number of benzene rings is 3. The average Bonchev–Trinajstić information content (AvgIpc) is 3.25. The summed E-state index contributed by atoms with van der Waals surface area (Å²) in [6.07, 6.45) is 0. The summed E-state index contributed by atoms with van der Waals surface area (Å²) in [4.78, 5) is 24.8. The number of amides is 2. The van der Waals surface area contributed by atoms with Gasteiger partial charge in [-0.05, 0) is 61.0 Å². The second kappa shape index (κ2) is 9.30. The van der Waals surface area contributed by atoms with Gasteiger partial charge in [0.1, 0.15) is 0 Å². The van der Waals surface area contributed by atoms with E-state index in [0.29, 0.717) is 39.0 Å². The van der Waals surface area contributed by atoms with Gasteiger partial charge in [0, 0.05) is 16.3 Å². The lowest BCUT2D eigenvalue weighted by Gasteiger charge is -2.08. The number of anilines is 1. The van der Waals surface area contributed by atoms with Crippen molar-refractivity contribution in [1.29, 1.82) is 0 Å². The monoisotopic (exact) mass is 469 g/mol. The molecule has 0 unspecified atom stereocenters. The van der Waals surface area contributed by atoms with E-state index in [0.717, 1.165) is 5.56 Å². The molecule has 3 aromatic rings. The zero-order chi connectivity index (χ0) is 22.7. The molecule has 0 aromatic heterocycles. The summed E-state index contributed by atoms with van der Waals surface area (Å²) in [5, 5.41) is 7.65. The Labute approximate surface area is 193 Å². The molecule has 1 aliphatic rings. The fourth-order valence-electron chi connectivity index (χ4n) is 2.97. The van der Waals surface area contributed by atoms with Gasteiger partial charge in [0.15, 0.2) is 11.5 Å². The Balaban J connectivity index is 1.39. The zero-order valence-electron chi connectivity index (χ0n) is 16.8. The summed E-state index contributed by atoms with van der Waals surface area (Å²) in [6.45, 7) is 1.90. The Bertz CT molecular complexity index is 1230. The minimum atomic E-state index is -0.369. The summed E-state index contributed by atoms with van der Waals surface area (Å²) in [7, 11) is 0. The van der Waals surface area contributed by atoms with Crippen LogP contribution in [-0.2, 0) is 0 Å². The number of hydrogen-bond donors (Lipinski definition) is 2. The minimum Gasteiger partial charge on any atom is -0.454 e. The predicted octanol–water partition coefficient (Wildman–Crippen LogP) is 5.13. The van der Waals surface area contributed by atoms with Crippen molar-refractivity contribution in [2.75, 3.05) is 12.1 Å².